The maximum Gasteiger partial charge on any atom is 0.416 e. The van der Waals surface area contributed by atoms with Gasteiger partial charge in [0.25, 0.3) is 10.0 Å². The van der Waals surface area contributed by atoms with E-state index in [0.717, 1.165) is 17.0 Å². The van der Waals surface area contributed by atoms with Gasteiger partial charge in [-0.3, -0.25) is 13.9 Å². The molecule has 226 valence electrons. The third kappa shape index (κ3) is 8.17. The number of carbonyl (C=O) groups is 2. The minimum atomic E-state index is -4.81. The molecule has 0 fully saturated rings. The lowest BCUT2D eigenvalue weighted by molar-refractivity contribution is -0.139. The summed E-state index contributed by atoms with van der Waals surface area (Å²) >= 11 is 12.2. The number of rotatable bonds is 11. The summed E-state index contributed by atoms with van der Waals surface area (Å²) in [6.07, 6.45) is -4.19. The quantitative estimate of drug-likeness (QED) is 0.257. The highest BCUT2D eigenvalue weighted by atomic mass is 35.5. The number of carbonyl (C=O) groups excluding carboxylic acids is 2. The van der Waals surface area contributed by atoms with Crippen LogP contribution in [0.5, 0.6) is 0 Å². The van der Waals surface area contributed by atoms with Crippen molar-refractivity contribution in [1.29, 1.82) is 0 Å². The van der Waals surface area contributed by atoms with Gasteiger partial charge >= 0.3 is 6.18 Å². The van der Waals surface area contributed by atoms with Crippen LogP contribution in [0.3, 0.4) is 0 Å². The van der Waals surface area contributed by atoms with Gasteiger partial charge in [0.15, 0.2) is 0 Å². The number of nitrogens with zero attached hydrogens (tertiary/aromatic N) is 2. The average molecular weight is 645 g/mol. The standard InChI is InChI=1S/C29H30Cl2F3N3O4S/c1-4-19(2)35-28(39)20(3)36(17-21-10-13-23(30)14-11-21)27(38)18-37(42(40,41)24-8-6-5-7-9-24)26-16-22(29(32,33)34)12-15-25(26)31/h5-16,19-20H,4,17-18H2,1-3H3,(H,35,39)/t19-,20+/m1/s1. The van der Waals surface area contributed by atoms with Crippen molar-refractivity contribution in [2.75, 3.05) is 10.8 Å². The van der Waals surface area contributed by atoms with Gasteiger partial charge in [0.1, 0.15) is 12.6 Å². The van der Waals surface area contributed by atoms with Crippen LogP contribution in [0.2, 0.25) is 10.0 Å². The molecule has 7 nitrogen and oxygen atoms in total. The third-order valence-electron chi connectivity index (χ3n) is 6.59. The lowest BCUT2D eigenvalue weighted by Gasteiger charge is -2.33. The number of nitrogens with one attached hydrogen (secondary N) is 1. The summed E-state index contributed by atoms with van der Waals surface area (Å²) in [7, 11) is -4.60. The zero-order chi connectivity index (χ0) is 31.2. The van der Waals surface area contributed by atoms with E-state index in [1.807, 2.05) is 6.92 Å². The van der Waals surface area contributed by atoms with Gasteiger partial charge in [0.2, 0.25) is 11.8 Å². The van der Waals surface area contributed by atoms with E-state index >= 15 is 0 Å². The van der Waals surface area contributed by atoms with E-state index in [1.165, 1.54) is 31.2 Å². The lowest BCUT2D eigenvalue weighted by Crippen LogP contribution is -2.52. The fraction of sp³-hybridized carbons (Fsp3) is 0.310. The molecule has 2 amide bonds. The molecule has 0 radical (unpaired) electrons. The lowest BCUT2D eigenvalue weighted by atomic mass is 10.1. The van der Waals surface area contributed by atoms with Crippen molar-refractivity contribution < 1.29 is 31.2 Å². The Morgan fingerprint density at radius 3 is 2.14 bits per heavy atom. The van der Waals surface area contributed by atoms with Crippen molar-refractivity contribution in [2.24, 2.45) is 0 Å². The molecular formula is C29H30Cl2F3N3O4S. The number of alkyl halides is 3. The SMILES string of the molecule is CC[C@@H](C)NC(=O)[C@H](C)N(Cc1ccc(Cl)cc1)C(=O)CN(c1cc(C(F)(F)F)ccc1Cl)S(=O)(=O)c1ccccc1. The van der Waals surface area contributed by atoms with Crippen molar-refractivity contribution in [1.82, 2.24) is 10.2 Å². The van der Waals surface area contributed by atoms with Crippen molar-refractivity contribution in [3.63, 3.8) is 0 Å². The summed E-state index contributed by atoms with van der Waals surface area (Å²) in [5, 5.41) is 2.93. The Balaban J connectivity index is 2.11. The van der Waals surface area contributed by atoms with E-state index in [-0.39, 0.29) is 22.5 Å². The Morgan fingerprint density at radius 2 is 1.57 bits per heavy atom. The van der Waals surface area contributed by atoms with Gasteiger partial charge in [-0.25, -0.2) is 8.42 Å². The van der Waals surface area contributed by atoms with Gasteiger partial charge in [0, 0.05) is 17.6 Å². The zero-order valence-electron chi connectivity index (χ0n) is 23.0. The molecule has 0 bridgehead atoms. The van der Waals surface area contributed by atoms with E-state index < -0.39 is 51.9 Å². The molecule has 0 saturated heterocycles. The van der Waals surface area contributed by atoms with Crippen molar-refractivity contribution in [2.45, 2.75) is 56.9 Å². The number of sulfonamides is 1. The first kappa shape index (κ1) is 33.2. The van der Waals surface area contributed by atoms with Crippen molar-refractivity contribution >= 4 is 50.7 Å². The summed E-state index contributed by atoms with van der Waals surface area (Å²) in [5.74, 6) is -1.33. The minimum Gasteiger partial charge on any atom is -0.352 e. The van der Waals surface area contributed by atoms with Gasteiger partial charge in [-0.05, 0) is 68.3 Å². The van der Waals surface area contributed by atoms with Gasteiger partial charge in [-0.15, -0.1) is 0 Å². The largest absolute Gasteiger partial charge is 0.416 e. The minimum absolute atomic E-state index is 0.110. The smallest absolute Gasteiger partial charge is 0.352 e. The van der Waals surface area contributed by atoms with E-state index in [9.17, 15) is 31.2 Å². The molecule has 0 saturated carbocycles. The summed E-state index contributed by atoms with van der Waals surface area (Å²) in [5.41, 5.74) is -1.10. The van der Waals surface area contributed by atoms with Crippen LogP contribution < -0.4 is 9.62 Å². The predicted molar refractivity (Wildman–Crippen MR) is 157 cm³/mol. The summed E-state index contributed by atoms with van der Waals surface area (Å²) in [6, 6.07) is 14.4. The maximum atomic E-state index is 13.9. The number of hydrogen-bond acceptors (Lipinski definition) is 4. The van der Waals surface area contributed by atoms with Crippen LogP contribution in [0.4, 0.5) is 18.9 Å². The van der Waals surface area contributed by atoms with Crippen LogP contribution in [0.25, 0.3) is 0 Å². The molecule has 0 unspecified atom stereocenters. The van der Waals surface area contributed by atoms with Gasteiger partial charge in [0.05, 0.1) is 21.2 Å². The van der Waals surface area contributed by atoms with Gasteiger partial charge in [-0.2, -0.15) is 13.2 Å². The maximum absolute atomic E-state index is 13.9. The zero-order valence-corrected chi connectivity index (χ0v) is 25.4. The van der Waals surface area contributed by atoms with E-state index in [1.54, 1.807) is 37.3 Å². The number of anilines is 1. The Hall–Kier alpha value is -3.28. The molecule has 0 aliphatic heterocycles. The number of hydrogen-bond donors (Lipinski definition) is 1. The molecule has 3 rings (SSSR count). The van der Waals surface area contributed by atoms with Crippen LogP contribution in [0, 0.1) is 0 Å². The highest BCUT2D eigenvalue weighted by molar-refractivity contribution is 7.92. The average Bonchev–Trinajstić information content (AvgIpc) is 2.95. The van der Waals surface area contributed by atoms with Crippen LogP contribution >= 0.6 is 23.2 Å². The first-order valence-electron chi connectivity index (χ1n) is 12.9. The Morgan fingerprint density at radius 1 is 0.952 bits per heavy atom. The molecule has 0 aromatic heterocycles. The second kappa shape index (κ2) is 13.8. The second-order valence-corrected chi connectivity index (χ2v) is 12.3. The number of amides is 2. The Labute approximate surface area is 253 Å². The molecular weight excluding hydrogens is 614 g/mol. The van der Waals surface area contributed by atoms with Crippen molar-refractivity contribution in [3.8, 4) is 0 Å². The summed E-state index contributed by atoms with van der Waals surface area (Å²) in [6.45, 7) is 4.10. The van der Waals surface area contributed by atoms with Gasteiger partial charge in [-0.1, -0.05) is 60.5 Å². The highest BCUT2D eigenvalue weighted by Crippen LogP contribution is 2.37. The fourth-order valence-electron chi connectivity index (χ4n) is 3.95. The molecule has 3 aromatic carbocycles. The van der Waals surface area contributed by atoms with E-state index in [4.69, 9.17) is 23.2 Å². The topological polar surface area (TPSA) is 86.8 Å². The molecule has 13 heteroatoms. The predicted octanol–water partition coefficient (Wildman–Crippen LogP) is 6.54. The molecule has 2 atom stereocenters. The van der Waals surface area contributed by atoms with Crippen LogP contribution in [0.15, 0.2) is 77.7 Å². The first-order valence-corrected chi connectivity index (χ1v) is 15.1. The summed E-state index contributed by atoms with van der Waals surface area (Å²) < 4.78 is 69.1. The first-order chi connectivity index (χ1) is 19.6. The number of benzene rings is 3. The second-order valence-electron chi connectivity index (χ2n) is 9.63. The Kier molecular flexibility index (Phi) is 10.9. The highest BCUT2D eigenvalue weighted by Gasteiger charge is 2.36. The van der Waals surface area contributed by atoms with E-state index in [2.05, 4.69) is 5.32 Å². The third-order valence-corrected chi connectivity index (χ3v) is 8.93. The van der Waals surface area contributed by atoms with E-state index in [0.29, 0.717) is 27.4 Å². The molecule has 1 N–H and O–H groups in total. The molecule has 0 heterocycles. The molecule has 0 aliphatic rings. The Bertz CT molecular complexity index is 1500. The van der Waals surface area contributed by atoms with Crippen molar-refractivity contribution in [3.05, 3.63) is 94.0 Å². The normalized spacial score (nSPS) is 13.2. The fourth-order valence-corrected chi connectivity index (χ4v) is 5.79. The molecule has 42 heavy (non-hydrogen) atoms. The molecule has 0 spiro atoms. The monoisotopic (exact) mass is 643 g/mol. The number of halogens is 5. The molecule has 3 aromatic rings. The van der Waals surface area contributed by atoms with Crippen LogP contribution in [-0.4, -0.2) is 43.8 Å². The summed E-state index contributed by atoms with van der Waals surface area (Å²) in [4.78, 5) is 27.9. The van der Waals surface area contributed by atoms with Crippen LogP contribution in [-0.2, 0) is 32.3 Å². The van der Waals surface area contributed by atoms with Crippen LogP contribution in [0.1, 0.15) is 38.3 Å². The molecule has 0 aliphatic carbocycles. The van der Waals surface area contributed by atoms with Gasteiger partial charge < -0.3 is 10.2 Å².